The van der Waals surface area contributed by atoms with E-state index >= 15 is 0 Å². The lowest BCUT2D eigenvalue weighted by molar-refractivity contribution is -0.386. The van der Waals surface area contributed by atoms with Gasteiger partial charge in [0.15, 0.2) is 0 Å². The van der Waals surface area contributed by atoms with E-state index in [4.69, 9.17) is 42.1 Å². The van der Waals surface area contributed by atoms with Crippen molar-refractivity contribution in [3.8, 4) is 34.5 Å². The fourth-order valence-corrected chi connectivity index (χ4v) is 23.4. The Hall–Kier alpha value is -11.0. The average Bonchev–Trinajstić information content (AvgIpc) is 0.890. The van der Waals surface area contributed by atoms with Gasteiger partial charge in [0.25, 0.3) is 43.2 Å². The summed E-state index contributed by atoms with van der Waals surface area (Å²) >= 11 is 12.5. The summed E-state index contributed by atoms with van der Waals surface area (Å²) in [4.78, 5) is 83.2. The lowest BCUT2D eigenvalue weighted by Crippen LogP contribution is -2.57. The molecule has 4 aromatic heterocycles. The number of pyridine rings is 2. The molecule has 4 saturated heterocycles. The van der Waals surface area contributed by atoms with Crippen LogP contribution in [0.4, 0.5) is 22.7 Å². The number of fused-ring (bicyclic) bond motifs is 4. The van der Waals surface area contributed by atoms with E-state index < -0.39 is 51.5 Å². The van der Waals surface area contributed by atoms with E-state index in [9.17, 15) is 46.7 Å². The zero-order valence-corrected chi connectivity index (χ0v) is 81.3. The number of carbonyl (C=O) groups is 2. The van der Waals surface area contributed by atoms with Gasteiger partial charge in [-0.3, -0.25) is 44.5 Å². The molecular weight excluding hydrogens is 1810 g/mol. The molecule has 0 unspecified atom stereocenters. The molecule has 9 aliphatic rings. The van der Waals surface area contributed by atoms with Gasteiger partial charge in [0, 0.05) is 185 Å². The zero-order chi connectivity index (χ0) is 94.9. The van der Waals surface area contributed by atoms with Crippen LogP contribution < -0.4 is 38.2 Å². The number of allylic oxidation sites excluding steroid dienone is 2. The highest BCUT2D eigenvalue weighted by atomic mass is 35.5. The summed E-state index contributed by atoms with van der Waals surface area (Å²) in [6.45, 7) is 29.4. The van der Waals surface area contributed by atoms with E-state index in [2.05, 4.69) is 129 Å². The summed E-state index contributed by atoms with van der Waals surface area (Å²) in [7, 11) is -9.25. The Balaban J connectivity index is 0.000000182. The van der Waals surface area contributed by atoms with Crippen molar-refractivity contribution in [2.45, 2.75) is 160 Å². The Kier molecular flexibility index (Phi) is 28.4. The molecule has 33 heteroatoms. The Morgan fingerprint density at radius 3 is 1.39 bits per heavy atom. The van der Waals surface area contributed by atoms with Crippen molar-refractivity contribution < 1.29 is 55.2 Å². The largest absolute Gasteiger partial charge is 0.493 e. The fourth-order valence-electron chi connectivity index (χ4n) is 21.2. The number of hydrogen-bond donors (Lipinski definition) is 4. The van der Waals surface area contributed by atoms with Crippen molar-refractivity contribution in [3.05, 3.63) is 233 Å². The molecule has 3 aliphatic carbocycles. The lowest BCUT2D eigenvalue weighted by atomic mass is 9.72. The number of hydrogen-bond acceptors (Lipinski definition) is 23. The molecule has 4 atom stereocenters. The molecule has 0 radical (unpaired) electrons. The number of aromatic nitrogens is 4. The summed E-state index contributed by atoms with van der Waals surface area (Å²) < 4.78 is 85.3. The highest BCUT2D eigenvalue weighted by Crippen LogP contribution is 2.48. The number of anilines is 2. The lowest BCUT2D eigenvalue weighted by Gasteiger charge is -2.47. The predicted octanol–water partition coefficient (Wildman–Crippen LogP) is 18.8. The van der Waals surface area contributed by atoms with Gasteiger partial charge in [-0.15, -0.1) is 0 Å². The van der Waals surface area contributed by atoms with Crippen LogP contribution in [0.1, 0.15) is 168 Å². The number of ether oxygens (including phenoxy) is 4. The SMILES string of the molecule is C[C@@H]1CCCN(CC[C@@H]2COc3cc(S(=O)(=O)NC(=O)c4ccc(N5CCN(CC6=C(c7ccc(Cl)cc7)CC(C)(C)CC6)CC5)cc4Oc4cnc5[nH]ccc5c4)cc([N+](=O)[O-])c3C2)C1.C[C@H]1CN(CC[C@@H]2COc3cc(S(=O)(=O)NC(=O)c4ccc(N5CCN(CC6=C(c7ccc(Cl)cc7)CC(C)(C)CC6)CC5)cc4Oc4cnc5[nH]ccc5c4)cc([N+](=O)[O-])c3C2)CCN1C1CCC1. The number of piperidine rings is 1. The number of piperazine rings is 3. The molecule has 0 spiro atoms. The van der Waals surface area contributed by atoms with Gasteiger partial charge in [-0.1, -0.05) is 99.7 Å². The van der Waals surface area contributed by atoms with E-state index in [0.717, 1.165) is 213 Å². The molecule has 5 fully saturated rings. The first-order chi connectivity index (χ1) is 65.3. The molecule has 4 N–H and O–H groups in total. The molecule has 136 heavy (non-hydrogen) atoms. The van der Waals surface area contributed by atoms with Crippen molar-refractivity contribution in [3.63, 3.8) is 0 Å². The maximum absolute atomic E-state index is 14.2. The first-order valence-corrected chi connectivity index (χ1v) is 51.6. The van der Waals surface area contributed by atoms with Crippen LogP contribution >= 0.6 is 23.2 Å². The second-order valence-corrected chi connectivity index (χ2v) is 44.4. The smallest absolute Gasteiger partial charge is 0.277 e. The summed E-state index contributed by atoms with van der Waals surface area (Å²) in [5, 5.41) is 28.0. The molecule has 6 aliphatic heterocycles. The van der Waals surface area contributed by atoms with Gasteiger partial charge >= 0.3 is 0 Å². The van der Waals surface area contributed by atoms with Crippen molar-refractivity contribution in [1.82, 2.24) is 53.9 Å². The molecule has 10 heterocycles. The number of aromatic amines is 2. The topological polar surface area (TPSA) is 330 Å². The molecule has 6 aromatic carbocycles. The van der Waals surface area contributed by atoms with E-state index in [1.54, 1.807) is 60.9 Å². The van der Waals surface area contributed by atoms with Gasteiger partial charge in [-0.05, 0) is 240 Å². The molecule has 29 nitrogen and oxygen atoms in total. The number of carbonyl (C=O) groups excluding carboxylic acids is 2. The second kappa shape index (κ2) is 40.6. The van der Waals surface area contributed by atoms with Gasteiger partial charge in [0.2, 0.25) is 0 Å². The summed E-state index contributed by atoms with van der Waals surface area (Å²) in [6, 6.07) is 39.7. The van der Waals surface area contributed by atoms with Crippen molar-refractivity contribution in [2.24, 2.45) is 28.6 Å². The maximum Gasteiger partial charge on any atom is 0.277 e. The summed E-state index contributed by atoms with van der Waals surface area (Å²) in [6.07, 6.45) is 21.7. The summed E-state index contributed by atoms with van der Waals surface area (Å²) in [5.41, 5.74) is 11.6. The number of likely N-dealkylation sites (tertiary alicyclic amines) is 1. The Morgan fingerprint density at radius 1 is 0.529 bits per heavy atom. The minimum Gasteiger partial charge on any atom is -0.493 e. The van der Waals surface area contributed by atoms with Gasteiger partial charge in [-0.2, -0.15) is 0 Å². The van der Waals surface area contributed by atoms with Gasteiger partial charge < -0.3 is 48.5 Å². The van der Waals surface area contributed by atoms with Crippen LogP contribution in [0.15, 0.2) is 179 Å². The second-order valence-electron chi connectivity index (χ2n) is 40.2. The highest BCUT2D eigenvalue weighted by molar-refractivity contribution is 7.90. The molecule has 718 valence electrons. The van der Waals surface area contributed by atoms with E-state index in [1.807, 2.05) is 36.4 Å². The number of rotatable bonds is 27. The maximum atomic E-state index is 14.2. The van der Waals surface area contributed by atoms with E-state index in [1.165, 1.54) is 83.6 Å². The minimum absolute atomic E-state index is 0.0348. The number of nitrogens with zero attached hydrogens (tertiary/aromatic N) is 11. The number of nitro groups is 2. The van der Waals surface area contributed by atoms with Gasteiger partial charge in [0.05, 0.1) is 67.5 Å². The molecular formula is C103H121Cl2N15O14S2. The van der Waals surface area contributed by atoms with Crippen LogP contribution in [0.2, 0.25) is 10.0 Å². The van der Waals surface area contributed by atoms with Crippen molar-refractivity contribution in [1.29, 1.82) is 0 Å². The number of sulfonamides is 2. The highest BCUT2D eigenvalue weighted by Gasteiger charge is 2.40. The predicted molar refractivity (Wildman–Crippen MR) is 530 cm³/mol. The Labute approximate surface area is 805 Å². The van der Waals surface area contributed by atoms with Gasteiger partial charge in [-0.25, -0.2) is 36.2 Å². The van der Waals surface area contributed by atoms with Crippen LogP contribution in [0.25, 0.3) is 33.2 Å². The third-order valence-electron chi connectivity index (χ3n) is 29.2. The van der Waals surface area contributed by atoms with E-state index in [0.29, 0.717) is 78.0 Å². The molecule has 10 aromatic rings. The van der Waals surface area contributed by atoms with Crippen LogP contribution in [0, 0.1) is 48.8 Å². The van der Waals surface area contributed by atoms with Crippen LogP contribution in [0.5, 0.6) is 34.5 Å². The first-order valence-electron chi connectivity index (χ1n) is 47.9. The average molecular weight is 1930 g/mol. The zero-order valence-electron chi connectivity index (χ0n) is 78.1. The normalized spacial score (nSPS) is 21.0. The summed E-state index contributed by atoms with van der Waals surface area (Å²) in [5.74, 6) is 0.0807. The number of H-pyrrole nitrogens is 2. The van der Waals surface area contributed by atoms with Crippen molar-refractivity contribution in [2.75, 3.05) is 134 Å². The third kappa shape index (κ3) is 22.4. The standard InChI is InChI=1S/C53H63ClN8O7S.C50H58ClN7O7S/c1-35-32-58(21-24-61(35)41-5-4-6-41)18-15-36-25-46-48(62(64)65)28-44(29-49(46)68-34-36)70(66,67)57-52(63)45-12-11-42(27-50(45)69-43-26-38-14-17-55-51(38)56-31-43)60-22-19-59(20-23-60)33-39-13-16-53(2,3)30-47(39)37-7-9-40(54)10-8-37;1-33-5-4-17-55(30-33)18-14-34-23-43-45(58(60)61)26-41(27-46(43)64-32-34)66(62,63)54-49(59)42-11-10-39(25-47(42)65-40-24-36-13-16-52-48(36)53-29-40)57-21-19-56(20-22-57)31-37-12-15-50(2,3)28-44(37)35-6-8-38(51)9-7-35/h7-12,14,17,26-29,31,35-36,41H,4-6,13,15-16,18-25,30,32-34H2,1-3H3,(H,55,56)(H,57,63);6-11,13,16,24-27,29,33-34H,4-5,12,14-15,17-23,28,30-32H2,1-3H3,(H,52,53)(H,54,59)/t35-,36-;33-,34+/m01/s1. The first kappa shape index (κ1) is 95.3. The molecule has 2 amide bonds. The van der Waals surface area contributed by atoms with E-state index in [-0.39, 0.29) is 68.2 Å². The third-order valence-corrected chi connectivity index (χ3v) is 32.3. The molecule has 1 saturated carbocycles. The van der Waals surface area contributed by atoms with Gasteiger partial charge in [0.1, 0.15) is 45.8 Å². The van der Waals surface area contributed by atoms with Crippen LogP contribution in [0.3, 0.4) is 0 Å². The number of nitrogens with one attached hydrogen (secondary N) is 4. The number of halogens is 2. The van der Waals surface area contributed by atoms with Crippen molar-refractivity contribution >= 4 is 111 Å². The van der Waals surface area contributed by atoms with Crippen LogP contribution in [-0.4, -0.2) is 219 Å². The number of amides is 2. The van der Waals surface area contributed by atoms with Crippen LogP contribution in [-0.2, 0) is 32.9 Å². The minimum atomic E-state index is -4.63. The number of benzene rings is 6. The quantitative estimate of drug-likeness (QED) is 0.0274. The number of nitro benzene ring substituents is 2. The molecule has 19 rings (SSSR count). The monoisotopic (exact) mass is 1930 g/mol. The Bertz CT molecular complexity index is 6450. The molecule has 0 bridgehead atoms. The Morgan fingerprint density at radius 2 is 0.971 bits per heavy atom. The fraction of sp³-hybridized carbons (Fsp3) is 0.456.